The summed E-state index contributed by atoms with van der Waals surface area (Å²) in [5, 5.41) is 21.0. The molecule has 268 valence electrons. The molecule has 2 N–H and O–H groups in total. The van der Waals surface area contributed by atoms with Crippen LogP contribution in [0.5, 0.6) is 5.75 Å². The maximum atomic E-state index is 14.6. The van der Waals surface area contributed by atoms with Crippen molar-refractivity contribution in [3.63, 3.8) is 0 Å². The van der Waals surface area contributed by atoms with E-state index in [2.05, 4.69) is 0 Å². The molecule has 12 nitrogen and oxygen atoms in total. The van der Waals surface area contributed by atoms with E-state index in [4.69, 9.17) is 19.2 Å². The highest BCUT2D eigenvalue weighted by Gasteiger charge is 2.43. The van der Waals surface area contributed by atoms with Crippen molar-refractivity contribution in [2.45, 2.75) is 56.4 Å². The Bertz CT molecular complexity index is 1780. The predicted molar refractivity (Wildman–Crippen MR) is 189 cm³/mol. The van der Waals surface area contributed by atoms with Crippen molar-refractivity contribution >= 4 is 18.0 Å². The Balaban J connectivity index is 1.26. The van der Waals surface area contributed by atoms with E-state index in [9.17, 15) is 24.6 Å². The summed E-state index contributed by atoms with van der Waals surface area (Å²) in [5.41, 5.74) is 1.60. The molecule has 2 aliphatic rings. The molecule has 0 bridgehead atoms. The van der Waals surface area contributed by atoms with Crippen molar-refractivity contribution in [2.75, 3.05) is 40.0 Å². The minimum atomic E-state index is -1.12. The number of nitrogens with zero attached hydrogens (tertiary/aromatic N) is 4. The van der Waals surface area contributed by atoms with Crippen molar-refractivity contribution in [1.29, 1.82) is 0 Å². The predicted octanol–water partition coefficient (Wildman–Crippen LogP) is 5.67. The van der Waals surface area contributed by atoms with E-state index in [1.807, 2.05) is 65.2 Å². The third-order valence-corrected chi connectivity index (χ3v) is 9.76. The zero-order chi connectivity index (χ0) is 35.8. The Morgan fingerprint density at radius 2 is 1.67 bits per heavy atom. The number of aliphatic hydroxyl groups is 1. The summed E-state index contributed by atoms with van der Waals surface area (Å²) in [5.74, 6) is -0.818. The van der Waals surface area contributed by atoms with Crippen molar-refractivity contribution in [3.8, 4) is 17.0 Å². The normalized spacial score (nSPS) is 20.5. The molecule has 0 radical (unpaired) electrons. The van der Waals surface area contributed by atoms with Crippen molar-refractivity contribution in [3.05, 3.63) is 108 Å². The smallest absolute Gasteiger partial charge is 0.410 e. The summed E-state index contributed by atoms with van der Waals surface area (Å²) in [6.07, 6.45) is 4.66. The summed E-state index contributed by atoms with van der Waals surface area (Å²) >= 11 is 0. The Morgan fingerprint density at radius 1 is 0.941 bits per heavy atom. The highest BCUT2D eigenvalue weighted by atomic mass is 16.6. The minimum Gasteiger partial charge on any atom is -0.494 e. The molecule has 6 rings (SSSR count). The first-order valence-electron chi connectivity index (χ1n) is 17.3. The first kappa shape index (κ1) is 35.6. The zero-order valence-corrected chi connectivity index (χ0v) is 28.7. The second-order valence-corrected chi connectivity index (χ2v) is 13.1. The Kier molecular flexibility index (Phi) is 11.3. The number of carboxylic acid groups (broad SMARTS) is 1. The second-order valence-electron chi connectivity index (χ2n) is 13.1. The summed E-state index contributed by atoms with van der Waals surface area (Å²) in [6.45, 7) is 1.24. The third kappa shape index (κ3) is 8.24. The van der Waals surface area contributed by atoms with Crippen LogP contribution >= 0.6 is 0 Å². The molecular weight excluding hydrogens is 652 g/mol. The molecule has 4 aromatic rings. The number of rotatable bonds is 12. The van der Waals surface area contributed by atoms with Gasteiger partial charge in [-0.05, 0) is 42.7 Å². The summed E-state index contributed by atoms with van der Waals surface area (Å²) < 4.78 is 19.0. The summed E-state index contributed by atoms with van der Waals surface area (Å²) in [6, 6.07) is 24.4. The lowest BCUT2D eigenvalue weighted by atomic mass is 9.80. The van der Waals surface area contributed by atoms with Crippen molar-refractivity contribution in [2.24, 2.45) is 0 Å². The lowest BCUT2D eigenvalue weighted by Crippen LogP contribution is -2.57. The fourth-order valence-corrected chi connectivity index (χ4v) is 7.14. The molecule has 2 amide bonds. The number of amides is 2. The molecule has 1 aliphatic carbocycles. The summed E-state index contributed by atoms with van der Waals surface area (Å²) in [7, 11) is 1.58. The van der Waals surface area contributed by atoms with E-state index in [0.29, 0.717) is 30.7 Å². The average Bonchev–Trinajstić information content (AvgIpc) is 3.59. The van der Waals surface area contributed by atoms with E-state index in [1.165, 1.54) is 12.1 Å². The quantitative estimate of drug-likeness (QED) is 0.191. The molecule has 3 aromatic carbocycles. The van der Waals surface area contributed by atoms with E-state index >= 15 is 0 Å². The van der Waals surface area contributed by atoms with E-state index in [1.54, 1.807) is 35.4 Å². The molecule has 51 heavy (non-hydrogen) atoms. The van der Waals surface area contributed by atoms with Crippen LogP contribution in [0.1, 0.15) is 64.6 Å². The highest BCUT2D eigenvalue weighted by Crippen LogP contribution is 2.41. The van der Waals surface area contributed by atoms with Crippen LogP contribution in [0, 0.1) is 0 Å². The number of carboxylic acids is 1. The molecule has 1 aliphatic heterocycles. The number of aromatic nitrogens is 2. The molecule has 1 saturated heterocycles. The molecule has 2 fully saturated rings. The lowest BCUT2D eigenvalue weighted by Gasteiger charge is -2.41. The number of hydrogen-bond acceptors (Lipinski definition) is 8. The number of methoxy groups -OCH3 is 1. The van der Waals surface area contributed by atoms with Gasteiger partial charge in [-0.1, -0.05) is 73.5 Å². The van der Waals surface area contributed by atoms with Gasteiger partial charge in [-0.2, -0.15) is 0 Å². The van der Waals surface area contributed by atoms with Crippen LogP contribution in [-0.2, 0) is 16.1 Å². The van der Waals surface area contributed by atoms with Crippen LogP contribution < -0.4 is 4.74 Å². The van der Waals surface area contributed by atoms with Gasteiger partial charge in [0.15, 0.2) is 5.69 Å². The SMILES string of the molecule is COC[C@]1(O)CCCC[C@H]1n1cnc(C(=O)N2CCN(C(=O)OCc3ccccc3)C[C@H]2CCOc2ccc(C(=O)O)cc2)c1-c1ccccc1. The van der Waals surface area contributed by atoms with E-state index in [-0.39, 0.29) is 62.7 Å². The van der Waals surface area contributed by atoms with Gasteiger partial charge in [-0.25, -0.2) is 14.6 Å². The largest absolute Gasteiger partial charge is 0.494 e. The molecule has 0 unspecified atom stereocenters. The minimum absolute atomic E-state index is 0.132. The molecule has 1 saturated carbocycles. The number of imidazole rings is 1. The first-order chi connectivity index (χ1) is 24.8. The second kappa shape index (κ2) is 16.2. The van der Waals surface area contributed by atoms with Gasteiger partial charge < -0.3 is 38.8 Å². The fraction of sp³-hybridized carbons (Fsp3) is 0.385. The standard InChI is InChI=1S/C39H44N4O8/c1-49-26-39(48)20-9-8-14-33(39)43-27-40-34(35(43)29-12-6-3-7-13-29)36(44)42-22-21-41(38(47)51-25-28-10-4-2-5-11-28)24-31(42)19-23-50-32-17-15-30(16-18-32)37(45)46/h2-7,10-13,15-18,27,31,33,48H,8-9,14,19-26H2,1H3,(H,45,46)/t31-,33-,39-/m1/s1. The van der Waals surface area contributed by atoms with Gasteiger partial charge in [0.1, 0.15) is 18.0 Å². The van der Waals surface area contributed by atoms with Gasteiger partial charge in [-0.15, -0.1) is 0 Å². The van der Waals surface area contributed by atoms with Crippen LogP contribution in [0.15, 0.2) is 91.3 Å². The van der Waals surface area contributed by atoms with Gasteiger partial charge in [0.2, 0.25) is 0 Å². The number of ether oxygens (including phenoxy) is 3. The first-order valence-corrected chi connectivity index (χ1v) is 17.3. The maximum absolute atomic E-state index is 14.6. The van der Waals surface area contributed by atoms with Crippen LogP contribution in [0.3, 0.4) is 0 Å². The number of aromatic carboxylic acids is 1. The topological polar surface area (TPSA) is 144 Å². The van der Waals surface area contributed by atoms with Gasteiger partial charge >= 0.3 is 12.1 Å². The molecule has 1 aromatic heterocycles. The fourth-order valence-electron chi connectivity index (χ4n) is 7.14. The molecular formula is C39H44N4O8. The van der Waals surface area contributed by atoms with E-state index in [0.717, 1.165) is 24.0 Å². The van der Waals surface area contributed by atoms with Gasteiger partial charge in [0, 0.05) is 38.7 Å². The Hall–Kier alpha value is -5.20. The van der Waals surface area contributed by atoms with Crippen LogP contribution in [0.25, 0.3) is 11.3 Å². The highest BCUT2D eigenvalue weighted by molar-refractivity contribution is 5.98. The Labute approximate surface area is 297 Å². The van der Waals surface area contributed by atoms with E-state index < -0.39 is 23.7 Å². The van der Waals surface area contributed by atoms with Crippen LogP contribution in [-0.4, -0.2) is 99.1 Å². The monoisotopic (exact) mass is 696 g/mol. The number of carbonyl (C=O) groups is 3. The van der Waals surface area contributed by atoms with Gasteiger partial charge in [-0.3, -0.25) is 4.79 Å². The Morgan fingerprint density at radius 3 is 2.37 bits per heavy atom. The molecule has 2 heterocycles. The average molecular weight is 697 g/mol. The van der Waals surface area contributed by atoms with Gasteiger partial charge in [0.25, 0.3) is 5.91 Å². The number of piperazine rings is 1. The molecule has 0 spiro atoms. The number of carbonyl (C=O) groups excluding carboxylic acids is 2. The molecule has 12 heteroatoms. The number of hydrogen-bond donors (Lipinski definition) is 2. The maximum Gasteiger partial charge on any atom is 0.410 e. The van der Waals surface area contributed by atoms with Gasteiger partial charge in [0.05, 0.1) is 42.9 Å². The number of benzene rings is 3. The third-order valence-electron chi connectivity index (χ3n) is 9.76. The van der Waals surface area contributed by atoms with Crippen LogP contribution in [0.2, 0.25) is 0 Å². The van der Waals surface area contributed by atoms with Crippen molar-refractivity contribution in [1.82, 2.24) is 19.4 Å². The lowest BCUT2D eigenvalue weighted by molar-refractivity contribution is -0.0893. The summed E-state index contributed by atoms with van der Waals surface area (Å²) in [4.78, 5) is 47.2. The zero-order valence-electron chi connectivity index (χ0n) is 28.7. The van der Waals surface area contributed by atoms with Crippen molar-refractivity contribution < 1.29 is 38.8 Å². The van der Waals surface area contributed by atoms with Crippen LogP contribution in [0.4, 0.5) is 4.79 Å². The molecule has 3 atom stereocenters.